The molecular formula is C20H22BrN3O4S. The van der Waals surface area contributed by atoms with Gasteiger partial charge in [-0.15, -0.1) is 0 Å². The number of aliphatic hydroxyl groups excluding tert-OH is 1. The van der Waals surface area contributed by atoms with Crippen molar-refractivity contribution in [2.24, 2.45) is 0 Å². The standard InChI is InChI=1S/C20H22BrN3O4S/c21-17-2-1-3-20(12-17)29(26,27)24-10-8-23(9-11-24)14-18(25)15-28-19-6-4-16(13-22)5-7-19/h1-7,12,18,25H,8-11,14-15H2/t18-/m1/s1. The number of sulfonamides is 1. The van der Waals surface area contributed by atoms with Crippen LogP contribution in [0.2, 0.25) is 0 Å². The van der Waals surface area contributed by atoms with E-state index < -0.39 is 16.1 Å². The Morgan fingerprint density at radius 2 is 1.83 bits per heavy atom. The molecule has 0 aliphatic carbocycles. The lowest BCUT2D eigenvalue weighted by Crippen LogP contribution is -2.50. The highest BCUT2D eigenvalue weighted by Gasteiger charge is 2.29. The Kier molecular flexibility index (Phi) is 7.27. The Hall–Kier alpha value is -1.96. The molecule has 1 atom stereocenters. The number of hydrogen-bond donors (Lipinski definition) is 1. The van der Waals surface area contributed by atoms with E-state index in [1.165, 1.54) is 4.31 Å². The molecule has 2 aromatic rings. The van der Waals surface area contributed by atoms with Crippen molar-refractivity contribution in [3.63, 3.8) is 0 Å². The van der Waals surface area contributed by atoms with Crippen molar-refractivity contribution in [1.82, 2.24) is 9.21 Å². The quantitative estimate of drug-likeness (QED) is 0.652. The highest BCUT2D eigenvalue weighted by molar-refractivity contribution is 9.10. The van der Waals surface area contributed by atoms with Crippen LogP contribution in [0, 0.1) is 11.3 Å². The average Bonchev–Trinajstić information content (AvgIpc) is 2.73. The van der Waals surface area contributed by atoms with E-state index in [-0.39, 0.29) is 11.5 Å². The van der Waals surface area contributed by atoms with Crippen molar-refractivity contribution in [2.45, 2.75) is 11.0 Å². The van der Waals surface area contributed by atoms with Crippen molar-refractivity contribution >= 4 is 26.0 Å². The van der Waals surface area contributed by atoms with Crippen LogP contribution in [-0.4, -0.2) is 68.2 Å². The molecular weight excluding hydrogens is 458 g/mol. The lowest BCUT2D eigenvalue weighted by atomic mass is 10.2. The number of piperazine rings is 1. The zero-order valence-electron chi connectivity index (χ0n) is 15.7. The van der Waals surface area contributed by atoms with Gasteiger partial charge in [-0.1, -0.05) is 22.0 Å². The van der Waals surface area contributed by atoms with E-state index in [1.54, 1.807) is 48.5 Å². The molecule has 1 heterocycles. The Labute approximate surface area is 179 Å². The molecule has 0 aromatic heterocycles. The van der Waals surface area contributed by atoms with Crippen molar-refractivity contribution < 1.29 is 18.3 Å². The minimum absolute atomic E-state index is 0.127. The van der Waals surface area contributed by atoms with Crippen LogP contribution in [0.1, 0.15) is 5.56 Å². The Bertz CT molecular complexity index is 968. The van der Waals surface area contributed by atoms with Crippen LogP contribution >= 0.6 is 15.9 Å². The van der Waals surface area contributed by atoms with E-state index >= 15 is 0 Å². The third kappa shape index (κ3) is 5.78. The molecule has 3 rings (SSSR count). The topological polar surface area (TPSA) is 93.9 Å². The number of halogens is 1. The van der Waals surface area contributed by atoms with Gasteiger partial charge < -0.3 is 9.84 Å². The fraction of sp³-hybridized carbons (Fsp3) is 0.350. The second-order valence-corrected chi connectivity index (χ2v) is 9.62. The van der Waals surface area contributed by atoms with E-state index in [0.717, 1.165) is 4.47 Å². The molecule has 1 saturated heterocycles. The smallest absolute Gasteiger partial charge is 0.243 e. The van der Waals surface area contributed by atoms with Crippen LogP contribution in [0.4, 0.5) is 0 Å². The first-order chi connectivity index (χ1) is 13.9. The maximum absolute atomic E-state index is 12.8. The van der Waals surface area contributed by atoms with Gasteiger partial charge in [0.1, 0.15) is 18.5 Å². The van der Waals surface area contributed by atoms with Gasteiger partial charge in [0, 0.05) is 37.2 Å². The lowest BCUT2D eigenvalue weighted by Gasteiger charge is -2.34. The first-order valence-corrected chi connectivity index (χ1v) is 11.4. The van der Waals surface area contributed by atoms with Crippen LogP contribution in [0.3, 0.4) is 0 Å². The lowest BCUT2D eigenvalue weighted by molar-refractivity contribution is 0.0569. The first-order valence-electron chi connectivity index (χ1n) is 9.17. The van der Waals surface area contributed by atoms with Crippen molar-refractivity contribution in [2.75, 3.05) is 39.3 Å². The van der Waals surface area contributed by atoms with Crippen LogP contribution in [0.25, 0.3) is 0 Å². The summed E-state index contributed by atoms with van der Waals surface area (Å²) in [5.41, 5.74) is 0.550. The van der Waals surface area contributed by atoms with Gasteiger partial charge in [0.2, 0.25) is 10.0 Å². The summed E-state index contributed by atoms with van der Waals surface area (Å²) < 4.78 is 33.3. The number of hydrogen-bond acceptors (Lipinski definition) is 6. The summed E-state index contributed by atoms with van der Waals surface area (Å²) in [5.74, 6) is 0.591. The van der Waals surface area contributed by atoms with Gasteiger partial charge in [-0.2, -0.15) is 9.57 Å². The van der Waals surface area contributed by atoms with Gasteiger partial charge in [-0.05, 0) is 42.5 Å². The molecule has 0 radical (unpaired) electrons. The molecule has 0 bridgehead atoms. The molecule has 0 amide bonds. The predicted molar refractivity (Wildman–Crippen MR) is 112 cm³/mol. The molecule has 7 nitrogen and oxygen atoms in total. The van der Waals surface area contributed by atoms with Crippen molar-refractivity contribution in [1.29, 1.82) is 5.26 Å². The van der Waals surface area contributed by atoms with E-state index in [2.05, 4.69) is 15.9 Å². The van der Waals surface area contributed by atoms with E-state index in [0.29, 0.717) is 44.0 Å². The molecule has 0 unspecified atom stereocenters. The summed E-state index contributed by atoms with van der Waals surface area (Å²) in [6.45, 7) is 2.36. The van der Waals surface area contributed by atoms with Gasteiger partial charge in [0.15, 0.2) is 0 Å². The SMILES string of the molecule is N#Cc1ccc(OC[C@H](O)CN2CCN(S(=O)(=O)c3cccc(Br)c3)CC2)cc1. The van der Waals surface area contributed by atoms with Gasteiger partial charge in [-0.25, -0.2) is 8.42 Å². The van der Waals surface area contributed by atoms with Crippen LogP contribution in [-0.2, 0) is 10.0 Å². The van der Waals surface area contributed by atoms with Gasteiger partial charge >= 0.3 is 0 Å². The van der Waals surface area contributed by atoms with E-state index in [9.17, 15) is 13.5 Å². The summed E-state index contributed by atoms with van der Waals surface area (Å²) >= 11 is 3.31. The predicted octanol–water partition coefficient (Wildman–Crippen LogP) is 2.07. The summed E-state index contributed by atoms with van der Waals surface area (Å²) in [6, 6.07) is 15.4. The number of β-amino-alcohol motifs (C(OH)–C–C–N with tert-alkyl or cyclic N) is 1. The van der Waals surface area contributed by atoms with Crippen molar-refractivity contribution in [3.8, 4) is 11.8 Å². The molecule has 29 heavy (non-hydrogen) atoms. The minimum atomic E-state index is -3.52. The zero-order chi connectivity index (χ0) is 20.9. The number of aliphatic hydroxyl groups is 1. The van der Waals surface area contributed by atoms with E-state index in [1.807, 2.05) is 11.0 Å². The Morgan fingerprint density at radius 3 is 2.45 bits per heavy atom. The normalized spacial score (nSPS) is 16.9. The number of nitriles is 1. The molecule has 1 fully saturated rings. The second kappa shape index (κ2) is 9.69. The maximum atomic E-state index is 12.8. The fourth-order valence-electron chi connectivity index (χ4n) is 3.10. The first kappa shape index (κ1) is 21.7. The third-order valence-electron chi connectivity index (χ3n) is 4.66. The monoisotopic (exact) mass is 479 g/mol. The van der Waals surface area contributed by atoms with E-state index in [4.69, 9.17) is 10.00 Å². The average molecular weight is 480 g/mol. The maximum Gasteiger partial charge on any atom is 0.243 e. The Morgan fingerprint density at radius 1 is 1.14 bits per heavy atom. The Balaban J connectivity index is 1.47. The number of rotatable bonds is 7. The fourth-order valence-corrected chi connectivity index (χ4v) is 5.12. The summed E-state index contributed by atoms with van der Waals surface area (Å²) in [6.07, 6.45) is -0.695. The third-order valence-corrected chi connectivity index (χ3v) is 7.05. The molecule has 1 N–H and O–H groups in total. The second-order valence-electron chi connectivity index (χ2n) is 6.76. The number of ether oxygens (including phenoxy) is 1. The van der Waals surface area contributed by atoms with Crippen LogP contribution in [0.5, 0.6) is 5.75 Å². The summed E-state index contributed by atoms with van der Waals surface area (Å²) in [7, 11) is -3.52. The largest absolute Gasteiger partial charge is 0.491 e. The number of nitrogens with zero attached hydrogens (tertiary/aromatic N) is 3. The molecule has 1 aliphatic rings. The zero-order valence-corrected chi connectivity index (χ0v) is 18.1. The summed E-state index contributed by atoms with van der Waals surface area (Å²) in [4.78, 5) is 2.30. The van der Waals surface area contributed by atoms with Crippen molar-refractivity contribution in [3.05, 3.63) is 58.6 Å². The van der Waals surface area contributed by atoms with Crippen LogP contribution < -0.4 is 4.74 Å². The molecule has 1 aliphatic heterocycles. The highest BCUT2D eigenvalue weighted by Crippen LogP contribution is 2.21. The summed E-state index contributed by atoms with van der Waals surface area (Å²) in [5, 5.41) is 19.0. The van der Waals surface area contributed by atoms with Crippen LogP contribution in [0.15, 0.2) is 57.9 Å². The molecule has 0 saturated carbocycles. The minimum Gasteiger partial charge on any atom is -0.491 e. The number of benzene rings is 2. The van der Waals surface area contributed by atoms with Gasteiger partial charge in [0.05, 0.1) is 16.5 Å². The van der Waals surface area contributed by atoms with Gasteiger partial charge in [-0.3, -0.25) is 4.90 Å². The molecule has 154 valence electrons. The highest BCUT2D eigenvalue weighted by atomic mass is 79.9. The molecule has 2 aromatic carbocycles. The van der Waals surface area contributed by atoms with Gasteiger partial charge in [0.25, 0.3) is 0 Å². The molecule has 9 heteroatoms. The molecule has 0 spiro atoms.